The number of para-hydroxylation sites is 1. The highest BCUT2D eigenvalue weighted by Gasteiger charge is 2.21. The van der Waals surface area contributed by atoms with Gasteiger partial charge >= 0.3 is 0 Å². The van der Waals surface area contributed by atoms with E-state index in [0.717, 1.165) is 0 Å². The van der Waals surface area contributed by atoms with E-state index in [9.17, 15) is 13.6 Å². The lowest BCUT2D eigenvalue weighted by Crippen LogP contribution is -2.28. The predicted molar refractivity (Wildman–Crippen MR) is 86.1 cm³/mol. The molecule has 126 valence electrons. The largest absolute Gasteiger partial charge is 0.381 e. The molecule has 1 aliphatic rings. The van der Waals surface area contributed by atoms with Crippen molar-refractivity contribution in [3.8, 4) is 0 Å². The van der Waals surface area contributed by atoms with E-state index in [2.05, 4.69) is 15.6 Å². The van der Waals surface area contributed by atoms with Gasteiger partial charge in [-0.25, -0.2) is 13.8 Å². The molecule has 0 atom stereocenters. The van der Waals surface area contributed by atoms with Gasteiger partial charge in [0, 0.05) is 19.1 Å². The second kappa shape index (κ2) is 7.35. The number of nitrogens with zero attached hydrogens (tertiary/aromatic N) is 1. The van der Waals surface area contributed by atoms with Crippen LogP contribution in [0, 0.1) is 17.6 Å². The Hall–Kier alpha value is -2.54. The number of ether oxygens (including phenoxy) is 1. The Bertz CT molecular complexity index is 696. The number of hydrogen-bond acceptors (Lipinski definition) is 4. The van der Waals surface area contributed by atoms with Crippen molar-refractivity contribution in [1.82, 2.24) is 4.98 Å². The van der Waals surface area contributed by atoms with Gasteiger partial charge in [0.05, 0.1) is 11.9 Å². The number of pyridine rings is 1. The molecule has 1 amide bonds. The van der Waals surface area contributed by atoms with E-state index in [4.69, 9.17) is 4.74 Å². The van der Waals surface area contributed by atoms with E-state index in [1.807, 2.05) is 0 Å². The van der Waals surface area contributed by atoms with Gasteiger partial charge in [0.15, 0.2) is 0 Å². The number of nitrogens with one attached hydrogen (secondary N) is 2. The predicted octanol–water partition coefficient (Wildman–Crippen LogP) is 3.47. The van der Waals surface area contributed by atoms with E-state index in [-0.39, 0.29) is 17.5 Å². The summed E-state index contributed by atoms with van der Waals surface area (Å²) >= 11 is 0. The Morgan fingerprint density at radius 2 is 1.83 bits per heavy atom. The molecular formula is C17H17F2N3O2. The van der Waals surface area contributed by atoms with Crippen molar-refractivity contribution >= 4 is 23.1 Å². The summed E-state index contributed by atoms with van der Waals surface area (Å²) in [6.07, 6.45) is 2.79. The van der Waals surface area contributed by atoms with Crippen LogP contribution in [0.2, 0.25) is 0 Å². The van der Waals surface area contributed by atoms with Crippen molar-refractivity contribution in [3.63, 3.8) is 0 Å². The van der Waals surface area contributed by atoms with Gasteiger partial charge in [-0.1, -0.05) is 6.07 Å². The van der Waals surface area contributed by atoms with Crippen LogP contribution in [-0.4, -0.2) is 24.1 Å². The van der Waals surface area contributed by atoms with Crippen molar-refractivity contribution in [3.05, 3.63) is 48.2 Å². The number of halogens is 2. The van der Waals surface area contributed by atoms with Crippen LogP contribution in [0.3, 0.4) is 0 Å². The zero-order valence-electron chi connectivity index (χ0n) is 12.9. The SMILES string of the molecule is O=C(Nc1ccc(Nc2c(F)cccc2F)cn1)C1CCOCC1. The number of benzene rings is 1. The Labute approximate surface area is 138 Å². The molecule has 3 rings (SSSR count). The molecule has 0 unspecified atom stereocenters. The van der Waals surface area contributed by atoms with Crippen molar-refractivity contribution in [1.29, 1.82) is 0 Å². The first-order valence-corrected chi connectivity index (χ1v) is 7.69. The Balaban J connectivity index is 1.64. The van der Waals surface area contributed by atoms with Crippen molar-refractivity contribution in [2.45, 2.75) is 12.8 Å². The first kappa shape index (κ1) is 16.3. The molecule has 7 heteroatoms. The van der Waals surface area contributed by atoms with Crippen LogP contribution < -0.4 is 10.6 Å². The summed E-state index contributed by atoms with van der Waals surface area (Å²) in [6.45, 7) is 1.17. The molecule has 0 radical (unpaired) electrons. The number of anilines is 3. The molecule has 1 aromatic heterocycles. The fourth-order valence-corrected chi connectivity index (χ4v) is 2.49. The number of carbonyl (C=O) groups is 1. The highest BCUT2D eigenvalue weighted by molar-refractivity contribution is 5.91. The van der Waals surface area contributed by atoms with Crippen LogP contribution in [0.15, 0.2) is 36.5 Å². The molecule has 0 spiro atoms. The van der Waals surface area contributed by atoms with E-state index in [0.29, 0.717) is 37.6 Å². The number of aromatic nitrogens is 1. The van der Waals surface area contributed by atoms with Gasteiger partial charge in [0.1, 0.15) is 23.1 Å². The summed E-state index contributed by atoms with van der Waals surface area (Å²) in [7, 11) is 0. The summed E-state index contributed by atoms with van der Waals surface area (Å²) in [5, 5.41) is 5.39. The lowest BCUT2D eigenvalue weighted by atomic mass is 9.99. The van der Waals surface area contributed by atoms with Gasteiger partial charge in [-0.3, -0.25) is 4.79 Å². The van der Waals surface area contributed by atoms with E-state index in [1.165, 1.54) is 24.4 Å². The lowest BCUT2D eigenvalue weighted by molar-refractivity contribution is -0.122. The third-order valence-corrected chi connectivity index (χ3v) is 3.84. The smallest absolute Gasteiger partial charge is 0.228 e. The summed E-state index contributed by atoms with van der Waals surface area (Å²) in [5.41, 5.74) is 0.182. The van der Waals surface area contributed by atoms with Gasteiger partial charge in [0.2, 0.25) is 5.91 Å². The fraction of sp³-hybridized carbons (Fsp3) is 0.294. The molecular weight excluding hydrogens is 316 g/mol. The quantitative estimate of drug-likeness (QED) is 0.899. The molecule has 1 saturated heterocycles. The summed E-state index contributed by atoms with van der Waals surface area (Å²) in [6, 6.07) is 6.81. The molecule has 1 fully saturated rings. The number of amides is 1. The number of rotatable bonds is 4. The molecule has 0 aliphatic carbocycles. The third-order valence-electron chi connectivity index (χ3n) is 3.84. The molecule has 1 aromatic carbocycles. The van der Waals surface area contributed by atoms with Crippen LogP contribution in [-0.2, 0) is 9.53 Å². The average molecular weight is 333 g/mol. The second-order valence-electron chi connectivity index (χ2n) is 5.53. The Morgan fingerprint density at radius 1 is 1.12 bits per heavy atom. The van der Waals surface area contributed by atoms with Gasteiger partial charge in [-0.05, 0) is 37.1 Å². The zero-order chi connectivity index (χ0) is 16.9. The summed E-state index contributed by atoms with van der Waals surface area (Å²) < 4.78 is 32.4. The van der Waals surface area contributed by atoms with Crippen LogP contribution in [0.1, 0.15) is 12.8 Å². The monoisotopic (exact) mass is 333 g/mol. The zero-order valence-corrected chi connectivity index (χ0v) is 12.9. The van der Waals surface area contributed by atoms with E-state index >= 15 is 0 Å². The minimum Gasteiger partial charge on any atom is -0.381 e. The molecule has 1 aliphatic heterocycles. The van der Waals surface area contributed by atoms with E-state index < -0.39 is 11.6 Å². The molecule has 0 bridgehead atoms. The van der Waals surface area contributed by atoms with Gasteiger partial charge in [-0.15, -0.1) is 0 Å². The van der Waals surface area contributed by atoms with E-state index in [1.54, 1.807) is 12.1 Å². The second-order valence-corrected chi connectivity index (χ2v) is 5.53. The minimum absolute atomic E-state index is 0.0779. The van der Waals surface area contributed by atoms with Gasteiger partial charge < -0.3 is 15.4 Å². The summed E-state index contributed by atoms with van der Waals surface area (Å²) in [5.74, 6) is -1.15. The molecule has 2 heterocycles. The number of carbonyl (C=O) groups excluding carboxylic acids is 1. The maximum absolute atomic E-state index is 13.6. The standard InChI is InChI=1S/C17H17F2N3O2/c18-13-2-1-3-14(19)16(13)21-12-4-5-15(20-10-12)22-17(23)11-6-8-24-9-7-11/h1-5,10-11,21H,6-9H2,(H,20,22,23). The lowest BCUT2D eigenvalue weighted by Gasteiger charge is -2.20. The molecule has 2 aromatic rings. The molecule has 5 nitrogen and oxygen atoms in total. The average Bonchev–Trinajstić information content (AvgIpc) is 2.60. The van der Waals surface area contributed by atoms with Crippen LogP contribution in [0.5, 0.6) is 0 Å². The van der Waals surface area contributed by atoms with Crippen molar-refractivity contribution in [2.75, 3.05) is 23.8 Å². The fourth-order valence-electron chi connectivity index (χ4n) is 2.49. The highest BCUT2D eigenvalue weighted by Crippen LogP contribution is 2.23. The van der Waals surface area contributed by atoms with Crippen LogP contribution in [0.25, 0.3) is 0 Å². The minimum atomic E-state index is -0.688. The normalized spacial score (nSPS) is 15.1. The topological polar surface area (TPSA) is 63.2 Å². The van der Waals surface area contributed by atoms with Crippen LogP contribution >= 0.6 is 0 Å². The first-order valence-electron chi connectivity index (χ1n) is 7.69. The van der Waals surface area contributed by atoms with Gasteiger partial charge in [-0.2, -0.15) is 0 Å². The maximum atomic E-state index is 13.6. The van der Waals surface area contributed by atoms with Gasteiger partial charge in [0.25, 0.3) is 0 Å². The Morgan fingerprint density at radius 3 is 2.46 bits per heavy atom. The first-order chi connectivity index (χ1) is 11.6. The van der Waals surface area contributed by atoms with Crippen molar-refractivity contribution in [2.24, 2.45) is 5.92 Å². The third kappa shape index (κ3) is 3.86. The highest BCUT2D eigenvalue weighted by atomic mass is 19.1. The molecule has 24 heavy (non-hydrogen) atoms. The molecule has 0 saturated carbocycles. The Kier molecular flexibility index (Phi) is 5.00. The number of hydrogen-bond donors (Lipinski definition) is 2. The van der Waals surface area contributed by atoms with Crippen molar-refractivity contribution < 1.29 is 18.3 Å². The summed E-state index contributed by atoms with van der Waals surface area (Å²) in [4.78, 5) is 16.2. The molecule has 2 N–H and O–H groups in total. The van der Waals surface area contributed by atoms with Crippen LogP contribution in [0.4, 0.5) is 26.0 Å². The maximum Gasteiger partial charge on any atom is 0.228 e.